The van der Waals surface area contributed by atoms with Crippen LogP contribution in [0.25, 0.3) is 0 Å². The molecule has 1 aliphatic heterocycles. The Morgan fingerprint density at radius 3 is 2.36 bits per heavy atom. The lowest BCUT2D eigenvalue weighted by atomic mass is 9.53. The van der Waals surface area contributed by atoms with E-state index in [1.54, 1.807) is 12.1 Å². The number of piperidine rings is 1. The zero-order valence-electron chi connectivity index (χ0n) is 19.0. The van der Waals surface area contributed by atoms with Crippen molar-refractivity contribution in [1.29, 1.82) is 0 Å². The van der Waals surface area contributed by atoms with Crippen molar-refractivity contribution in [3.63, 3.8) is 0 Å². The van der Waals surface area contributed by atoms with Gasteiger partial charge in [-0.15, -0.1) is 0 Å². The van der Waals surface area contributed by atoms with Crippen molar-refractivity contribution in [1.82, 2.24) is 20.9 Å². The van der Waals surface area contributed by atoms with Gasteiger partial charge in [0, 0.05) is 35.2 Å². The number of rotatable bonds is 5. The Morgan fingerprint density at radius 2 is 1.70 bits per heavy atom. The zero-order valence-corrected chi connectivity index (χ0v) is 20.6. The standard InChI is InChI=1S/C25H34Cl2N4O2/c26-20-5-4-19(22(27)10-20)14-29-24(33)31-6-2-1-3-21(31)15-28-23(32)30-25-11-16-7-17(12-25)9-18(8-16)13-25/h4-5,10,16-18,21H,1-3,6-9,11-15H2,(H,29,33)(H2,28,30,32). The molecule has 1 saturated heterocycles. The van der Waals surface area contributed by atoms with Crippen molar-refractivity contribution in [3.8, 4) is 0 Å². The second kappa shape index (κ2) is 9.53. The zero-order chi connectivity index (χ0) is 23.0. The highest BCUT2D eigenvalue weighted by atomic mass is 35.5. The molecular formula is C25H34Cl2N4O2. The Morgan fingerprint density at radius 1 is 1.00 bits per heavy atom. The van der Waals surface area contributed by atoms with Crippen molar-refractivity contribution in [3.05, 3.63) is 33.8 Å². The molecule has 5 fully saturated rings. The number of halogens is 2. The molecule has 1 atom stereocenters. The monoisotopic (exact) mass is 492 g/mol. The summed E-state index contributed by atoms with van der Waals surface area (Å²) in [5, 5.41) is 10.6. The molecule has 1 aromatic carbocycles. The van der Waals surface area contributed by atoms with Crippen LogP contribution in [-0.2, 0) is 6.54 Å². The largest absolute Gasteiger partial charge is 0.336 e. The van der Waals surface area contributed by atoms with Gasteiger partial charge in [-0.05, 0) is 93.2 Å². The summed E-state index contributed by atoms with van der Waals surface area (Å²) in [7, 11) is 0. The quantitative estimate of drug-likeness (QED) is 0.519. The first-order valence-corrected chi connectivity index (χ1v) is 13.2. The van der Waals surface area contributed by atoms with Gasteiger partial charge in [0.25, 0.3) is 0 Å². The normalized spacial score (nSPS) is 32.5. The highest BCUT2D eigenvalue weighted by molar-refractivity contribution is 6.35. The van der Waals surface area contributed by atoms with Crippen molar-refractivity contribution >= 4 is 35.3 Å². The molecule has 1 heterocycles. The molecule has 33 heavy (non-hydrogen) atoms. The van der Waals surface area contributed by atoms with E-state index in [9.17, 15) is 9.59 Å². The Hall–Kier alpha value is -1.66. The molecule has 1 aromatic rings. The number of likely N-dealkylation sites (tertiary alicyclic amines) is 1. The summed E-state index contributed by atoms with van der Waals surface area (Å²) in [5.41, 5.74) is 0.830. The molecule has 0 spiro atoms. The fourth-order valence-electron chi connectivity index (χ4n) is 7.18. The van der Waals surface area contributed by atoms with Crippen molar-refractivity contribution < 1.29 is 9.59 Å². The average Bonchev–Trinajstić information content (AvgIpc) is 2.76. The van der Waals surface area contributed by atoms with E-state index in [1.807, 2.05) is 11.0 Å². The van der Waals surface area contributed by atoms with Crippen molar-refractivity contribution in [2.45, 2.75) is 75.9 Å². The molecule has 4 aliphatic carbocycles. The minimum Gasteiger partial charge on any atom is -0.336 e. The minimum atomic E-state index is -0.117. The van der Waals surface area contributed by atoms with Gasteiger partial charge >= 0.3 is 12.1 Å². The number of nitrogens with zero attached hydrogens (tertiary/aromatic N) is 1. The highest BCUT2D eigenvalue weighted by Gasteiger charge is 2.51. The summed E-state index contributed by atoms with van der Waals surface area (Å²) in [5.74, 6) is 2.38. The third-order valence-corrected chi connectivity index (χ3v) is 8.84. The number of hydrogen-bond acceptors (Lipinski definition) is 2. The van der Waals surface area contributed by atoms with Crippen LogP contribution < -0.4 is 16.0 Å². The topological polar surface area (TPSA) is 73.5 Å². The van der Waals surface area contributed by atoms with Crippen LogP contribution >= 0.6 is 23.2 Å². The van der Waals surface area contributed by atoms with Gasteiger partial charge in [-0.25, -0.2) is 9.59 Å². The van der Waals surface area contributed by atoms with Gasteiger partial charge in [-0.2, -0.15) is 0 Å². The Bertz CT molecular complexity index is 873. The molecule has 6 rings (SSSR count). The Labute approximate surface area is 206 Å². The van der Waals surface area contributed by atoms with Gasteiger partial charge in [-0.1, -0.05) is 29.3 Å². The number of carbonyl (C=O) groups is 2. The first-order valence-electron chi connectivity index (χ1n) is 12.4. The van der Waals surface area contributed by atoms with E-state index >= 15 is 0 Å². The van der Waals surface area contributed by atoms with E-state index in [0.717, 1.165) is 61.8 Å². The number of urea groups is 2. The molecule has 6 nitrogen and oxygen atoms in total. The van der Waals surface area contributed by atoms with Crippen LogP contribution in [0.4, 0.5) is 9.59 Å². The number of hydrogen-bond donors (Lipinski definition) is 3. The van der Waals surface area contributed by atoms with Crippen molar-refractivity contribution in [2.24, 2.45) is 17.8 Å². The van der Waals surface area contributed by atoms with Crippen LogP contribution in [0.1, 0.15) is 63.4 Å². The van der Waals surface area contributed by atoms with Crippen LogP contribution in [0, 0.1) is 17.8 Å². The molecular weight excluding hydrogens is 459 g/mol. The Kier molecular flexibility index (Phi) is 6.67. The van der Waals surface area contributed by atoms with E-state index in [-0.39, 0.29) is 23.6 Å². The molecule has 180 valence electrons. The smallest absolute Gasteiger partial charge is 0.317 e. The summed E-state index contributed by atoms with van der Waals surface area (Å²) in [4.78, 5) is 27.6. The predicted molar refractivity (Wildman–Crippen MR) is 130 cm³/mol. The van der Waals surface area contributed by atoms with E-state index in [0.29, 0.717) is 29.7 Å². The molecule has 4 saturated carbocycles. The number of benzene rings is 1. The maximum Gasteiger partial charge on any atom is 0.317 e. The highest BCUT2D eigenvalue weighted by Crippen LogP contribution is 2.55. The van der Waals surface area contributed by atoms with Crippen LogP contribution in [0.2, 0.25) is 10.0 Å². The number of carbonyl (C=O) groups excluding carboxylic acids is 2. The lowest BCUT2D eigenvalue weighted by Crippen LogP contribution is -2.62. The summed E-state index contributed by atoms with van der Waals surface area (Å²) < 4.78 is 0. The summed E-state index contributed by atoms with van der Waals surface area (Å²) in [6.45, 7) is 1.52. The van der Waals surface area contributed by atoms with Gasteiger partial charge in [0.1, 0.15) is 0 Å². The van der Waals surface area contributed by atoms with Gasteiger partial charge in [0.05, 0.1) is 6.04 Å². The van der Waals surface area contributed by atoms with Crippen LogP contribution in [0.3, 0.4) is 0 Å². The van der Waals surface area contributed by atoms with Gasteiger partial charge in [0.15, 0.2) is 0 Å². The Balaban J connectivity index is 1.13. The summed E-state index contributed by atoms with van der Waals surface area (Å²) in [6, 6.07) is 5.09. The maximum atomic E-state index is 12.9. The van der Waals surface area contributed by atoms with Crippen LogP contribution in [-0.4, -0.2) is 41.6 Å². The lowest BCUT2D eigenvalue weighted by molar-refractivity contribution is -0.0136. The average molecular weight is 493 g/mol. The third-order valence-electron chi connectivity index (χ3n) is 8.25. The fourth-order valence-corrected chi connectivity index (χ4v) is 7.65. The van der Waals surface area contributed by atoms with Gasteiger partial charge < -0.3 is 20.9 Å². The first kappa shape index (κ1) is 23.1. The second-order valence-corrected chi connectivity index (χ2v) is 11.6. The molecule has 5 aliphatic rings. The van der Waals surface area contributed by atoms with Gasteiger partial charge in [0.2, 0.25) is 0 Å². The van der Waals surface area contributed by atoms with E-state index in [4.69, 9.17) is 23.2 Å². The van der Waals surface area contributed by atoms with Crippen molar-refractivity contribution in [2.75, 3.05) is 13.1 Å². The summed E-state index contributed by atoms with van der Waals surface area (Å²) >= 11 is 12.2. The van der Waals surface area contributed by atoms with Crippen LogP contribution in [0.5, 0.6) is 0 Å². The van der Waals surface area contributed by atoms with E-state index in [1.165, 1.54) is 19.3 Å². The first-order chi connectivity index (χ1) is 15.9. The number of nitrogens with one attached hydrogen (secondary N) is 3. The van der Waals surface area contributed by atoms with Gasteiger partial charge in [-0.3, -0.25) is 0 Å². The predicted octanol–water partition coefficient (Wildman–Crippen LogP) is 5.33. The molecule has 0 aromatic heterocycles. The lowest BCUT2D eigenvalue weighted by Gasteiger charge is -2.56. The van der Waals surface area contributed by atoms with Crippen LogP contribution in [0.15, 0.2) is 18.2 Å². The molecule has 0 radical (unpaired) electrons. The minimum absolute atomic E-state index is 0.000306. The SMILES string of the molecule is O=C(NCC1CCCCN1C(=O)NCc1ccc(Cl)cc1Cl)NC12CC3CC(CC(C3)C1)C2. The molecule has 1 unspecified atom stereocenters. The molecule has 8 heteroatoms. The third kappa shape index (κ3) is 5.22. The number of amides is 4. The van der Waals surface area contributed by atoms with E-state index in [2.05, 4.69) is 16.0 Å². The maximum absolute atomic E-state index is 12.9. The molecule has 4 amide bonds. The fraction of sp³-hybridized carbons (Fsp3) is 0.680. The second-order valence-electron chi connectivity index (χ2n) is 10.8. The molecule has 3 N–H and O–H groups in total. The van der Waals surface area contributed by atoms with E-state index < -0.39 is 0 Å². The molecule has 4 bridgehead atoms. The summed E-state index contributed by atoms with van der Waals surface area (Å²) in [6.07, 6.45) is 10.4.